The normalized spacial score (nSPS) is 15.5. The van der Waals surface area contributed by atoms with Crippen molar-refractivity contribution in [3.8, 4) is 6.07 Å². The van der Waals surface area contributed by atoms with Crippen molar-refractivity contribution < 1.29 is 0 Å². The van der Waals surface area contributed by atoms with Gasteiger partial charge in [-0.3, -0.25) is 0 Å². The first kappa shape index (κ1) is 14.6. The fourth-order valence-electron chi connectivity index (χ4n) is 2.00. The minimum Gasteiger partial charge on any atom is -0.370 e. The topological polar surface area (TPSA) is 64.8 Å². The second-order valence-corrected chi connectivity index (χ2v) is 5.49. The van der Waals surface area contributed by atoms with Gasteiger partial charge < -0.3 is 10.2 Å². The third kappa shape index (κ3) is 3.60. The molecule has 1 aromatic rings. The molecule has 1 aromatic heterocycles. The number of nitrogens with zero attached hydrogens (tertiary/aromatic N) is 4. The van der Waals surface area contributed by atoms with E-state index < -0.39 is 0 Å². The molecule has 1 fully saturated rings. The van der Waals surface area contributed by atoms with Crippen LogP contribution in [0.3, 0.4) is 0 Å². The van der Waals surface area contributed by atoms with Crippen molar-refractivity contribution >= 4 is 11.6 Å². The van der Waals surface area contributed by atoms with Crippen molar-refractivity contribution in [1.29, 1.82) is 5.26 Å². The van der Waals surface area contributed by atoms with Crippen LogP contribution in [-0.4, -0.2) is 29.6 Å². The Morgan fingerprint density at radius 2 is 2.25 bits per heavy atom. The second-order valence-electron chi connectivity index (χ2n) is 5.49. The highest BCUT2D eigenvalue weighted by atomic mass is 15.2. The molecule has 1 aliphatic carbocycles. The van der Waals surface area contributed by atoms with Gasteiger partial charge in [0.15, 0.2) is 0 Å². The Morgan fingerprint density at radius 3 is 2.85 bits per heavy atom. The summed E-state index contributed by atoms with van der Waals surface area (Å²) in [6.07, 6.45) is 3.94. The van der Waals surface area contributed by atoms with Gasteiger partial charge in [-0.15, -0.1) is 0 Å². The van der Waals surface area contributed by atoms with Crippen LogP contribution < -0.4 is 10.2 Å². The van der Waals surface area contributed by atoms with E-state index in [1.807, 2.05) is 20.0 Å². The summed E-state index contributed by atoms with van der Waals surface area (Å²) in [6.45, 7) is 5.09. The van der Waals surface area contributed by atoms with Crippen LogP contribution in [0.4, 0.5) is 11.6 Å². The maximum atomic E-state index is 8.83. The number of hydrogen-bond acceptors (Lipinski definition) is 5. The Kier molecular flexibility index (Phi) is 4.78. The van der Waals surface area contributed by atoms with Crippen LogP contribution in [0.5, 0.6) is 0 Å². The van der Waals surface area contributed by atoms with Gasteiger partial charge in [0.25, 0.3) is 0 Å². The van der Waals surface area contributed by atoms with Crippen molar-refractivity contribution in [2.45, 2.75) is 51.5 Å². The summed E-state index contributed by atoms with van der Waals surface area (Å²) in [6, 6.07) is 4.35. The Morgan fingerprint density at radius 1 is 1.50 bits per heavy atom. The van der Waals surface area contributed by atoms with Gasteiger partial charge in [0, 0.05) is 31.6 Å². The van der Waals surface area contributed by atoms with E-state index in [1.165, 1.54) is 12.8 Å². The fraction of sp³-hybridized carbons (Fsp3) is 0.667. The van der Waals surface area contributed by atoms with Gasteiger partial charge in [-0.1, -0.05) is 6.92 Å². The standard InChI is InChI=1S/C15H23N5/c1-4-9-17-13-10-14(20(3)11(2)7-8-16)19-15(18-13)12-5-6-12/h10-12H,4-7,9H2,1-3H3,(H,17,18,19). The average molecular weight is 273 g/mol. The average Bonchev–Trinajstić information content (AvgIpc) is 3.28. The van der Waals surface area contributed by atoms with Crippen molar-refractivity contribution in [3.05, 3.63) is 11.9 Å². The summed E-state index contributed by atoms with van der Waals surface area (Å²) >= 11 is 0. The summed E-state index contributed by atoms with van der Waals surface area (Å²) in [4.78, 5) is 11.3. The number of rotatable bonds is 7. The largest absolute Gasteiger partial charge is 0.370 e. The Hall–Kier alpha value is -1.83. The van der Waals surface area contributed by atoms with Crippen LogP contribution in [-0.2, 0) is 0 Å². The highest BCUT2D eigenvalue weighted by molar-refractivity contribution is 5.50. The molecule has 1 unspecified atom stereocenters. The summed E-state index contributed by atoms with van der Waals surface area (Å²) in [5, 5.41) is 12.2. The van der Waals surface area contributed by atoms with E-state index >= 15 is 0 Å². The lowest BCUT2D eigenvalue weighted by atomic mass is 10.2. The lowest BCUT2D eigenvalue weighted by molar-refractivity contribution is 0.689. The molecule has 0 radical (unpaired) electrons. The summed E-state index contributed by atoms with van der Waals surface area (Å²) in [5.41, 5.74) is 0. The molecule has 0 saturated heterocycles. The van der Waals surface area contributed by atoms with Gasteiger partial charge in [-0.2, -0.15) is 5.26 Å². The molecule has 1 aliphatic rings. The molecule has 1 heterocycles. The van der Waals surface area contributed by atoms with Gasteiger partial charge in [0.05, 0.1) is 12.5 Å². The van der Waals surface area contributed by atoms with Gasteiger partial charge in [0.1, 0.15) is 17.5 Å². The maximum absolute atomic E-state index is 8.83. The van der Waals surface area contributed by atoms with E-state index in [2.05, 4.69) is 33.2 Å². The van der Waals surface area contributed by atoms with Crippen molar-refractivity contribution in [3.63, 3.8) is 0 Å². The third-order valence-electron chi connectivity index (χ3n) is 3.64. The molecule has 108 valence electrons. The third-order valence-corrected chi connectivity index (χ3v) is 3.64. The molecule has 1 saturated carbocycles. The summed E-state index contributed by atoms with van der Waals surface area (Å²) in [7, 11) is 1.99. The lowest BCUT2D eigenvalue weighted by Gasteiger charge is -2.25. The van der Waals surface area contributed by atoms with Gasteiger partial charge in [-0.05, 0) is 26.2 Å². The molecular weight excluding hydrogens is 250 g/mol. The lowest BCUT2D eigenvalue weighted by Crippen LogP contribution is -2.29. The monoisotopic (exact) mass is 273 g/mol. The van der Waals surface area contributed by atoms with Crippen LogP contribution in [0.1, 0.15) is 51.3 Å². The molecule has 2 rings (SSSR count). The van der Waals surface area contributed by atoms with E-state index in [1.54, 1.807) is 0 Å². The van der Waals surface area contributed by atoms with Crippen LogP contribution in [0.25, 0.3) is 0 Å². The Bertz CT molecular complexity index is 490. The Balaban J connectivity index is 2.21. The SMILES string of the molecule is CCCNc1cc(N(C)C(C)CC#N)nc(C2CC2)n1. The molecule has 5 heteroatoms. The molecule has 20 heavy (non-hydrogen) atoms. The smallest absolute Gasteiger partial charge is 0.136 e. The first-order valence-corrected chi connectivity index (χ1v) is 7.38. The summed E-state index contributed by atoms with van der Waals surface area (Å²) in [5.74, 6) is 3.27. The van der Waals surface area contributed by atoms with Crippen LogP contribution in [0.15, 0.2) is 6.07 Å². The van der Waals surface area contributed by atoms with E-state index in [4.69, 9.17) is 5.26 Å². The van der Waals surface area contributed by atoms with Crippen molar-refractivity contribution in [1.82, 2.24) is 9.97 Å². The van der Waals surface area contributed by atoms with Crippen LogP contribution in [0, 0.1) is 11.3 Å². The van der Waals surface area contributed by atoms with Crippen LogP contribution in [0.2, 0.25) is 0 Å². The predicted molar refractivity (Wildman–Crippen MR) is 80.9 cm³/mol. The van der Waals surface area contributed by atoms with Crippen molar-refractivity contribution in [2.75, 3.05) is 23.8 Å². The molecule has 5 nitrogen and oxygen atoms in total. The summed E-state index contributed by atoms with van der Waals surface area (Å²) < 4.78 is 0. The molecule has 0 aromatic carbocycles. The highest BCUT2D eigenvalue weighted by Crippen LogP contribution is 2.39. The maximum Gasteiger partial charge on any atom is 0.136 e. The molecular formula is C15H23N5. The Labute approximate surface area is 121 Å². The van der Waals surface area contributed by atoms with Crippen LogP contribution >= 0.6 is 0 Å². The molecule has 0 amide bonds. The minimum atomic E-state index is 0.154. The molecule has 0 bridgehead atoms. The molecule has 0 spiro atoms. The molecule has 1 N–H and O–H groups in total. The number of aromatic nitrogens is 2. The highest BCUT2D eigenvalue weighted by Gasteiger charge is 2.28. The number of nitrogens with one attached hydrogen (secondary N) is 1. The van der Waals surface area contributed by atoms with Gasteiger partial charge in [0.2, 0.25) is 0 Å². The zero-order chi connectivity index (χ0) is 14.5. The number of anilines is 2. The number of hydrogen-bond donors (Lipinski definition) is 1. The van der Waals surface area contributed by atoms with Crippen molar-refractivity contribution in [2.24, 2.45) is 0 Å². The van der Waals surface area contributed by atoms with E-state index in [-0.39, 0.29) is 6.04 Å². The van der Waals surface area contributed by atoms with E-state index in [0.29, 0.717) is 12.3 Å². The fourth-order valence-corrected chi connectivity index (χ4v) is 2.00. The second kappa shape index (κ2) is 6.56. The zero-order valence-corrected chi connectivity index (χ0v) is 12.6. The first-order chi connectivity index (χ1) is 9.65. The molecule has 1 atom stereocenters. The first-order valence-electron chi connectivity index (χ1n) is 7.38. The van der Waals surface area contributed by atoms with E-state index in [0.717, 1.165) is 30.4 Å². The van der Waals surface area contributed by atoms with E-state index in [9.17, 15) is 0 Å². The predicted octanol–water partition coefficient (Wildman–Crippen LogP) is 2.91. The number of nitriles is 1. The minimum absolute atomic E-state index is 0.154. The quantitative estimate of drug-likeness (QED) is 0.827. The zero-order valence-electron chi connectivity index (χ0n) is 12.6. The molecule has 0 aliphatic heterocycles. The van der Waals surface area contributed by atoms with Gasteiger partial charge >= 0.3 is 0 Å². The van der Waals surface area contributed by atoms with Gasteiger partial charge in [-0.25, -0.2) is 9.97 Å².